The second-order valence-electron chi connectivity index (χ2n) is 17.1. The molecule has 4 heteroatoms. The average molecular weight is 749 g/mol. The first-order valence-electron chi connectivity index (χ1n) is 21.9. The van der Waals surface area contributed by atoms with E-state index in [9.17, 15) is 0 Å². The topological polar surface area (TPSA) is 19.6 Å². The van der Waals surface area contributed by atoms with Gasteiger partial charge in [-0.05, 0) is 157 Å². The van der Waals surface area contributed by atoms with Crippen molar-refractivity contribution in [3.63, 3.8) is 0 Å². The summed E-state index contributed by atoms with van der Waals surface area (Å²) in [5, 5.41) is 2.42. The summed E-state index contributed by atoms with van der Waals surface area (Å²) in [6.45, 7) is 16.1. The molecule has 288 valence electrons. The Bertz CT molecular complexity index is 2580. The van der Waals surface area contributed by atoms with Crippen LogP contribution in [-0.2, 0) is 6.42 Å². The van der Waals surface area contributed by atoms with Gasteiger partial charge in [-0.15, -0.1) is 0 Å². The van der Waals surface area contributed by atoms with Gasteiger partial charge in [-0.3, -0.25) is 0 Å². The zero-order valence-corrected chi connectivity index (χ0v) is 35.1. The van der Waals surface area contributed by atoms with Gasteiger partial charge in [0.1, 0.15) is 11.2 Å². The van der Waals surface area contributed by atoms with Gasteiger partial charge in [-0.25, -0.2) is 0 Å². The van der Waals surface area contributed by atoms with E-state index < -0.39 is 0 Å². The molecule has 7 aromatic rings. The molecule has 0 fully saturated rings. The Morgan fingerprint density at radius 2 is 1.28 bits per heavy atom. The van der Waals surface area contributed by atoms with Crippen LogP contribution < -0.4 is 26.2 Å². The molecule has 2 aliphatic rings. The summed E-state index contributed by atoms with van der Waals surface area (Å²) in [6, 6.07) is 42.5. The molecular formula is C53H57BN2O. The molecule has 0 saturated heterocycles. The minimum Gasteiger partial charge on any atom is -0.456 e. The lowest BCUT2D eigenvalue weighted by Gasteiger charge is -2.44. The molecule has 9 rings (SSSR count). The molecule has 0 spiro atoms. The van der Waals surface area contributed by atoms with Gasteiger partial charge in [0.25, 0.3) is 6.71 Å². The predicted octanol–water partition coefficient (Wildman–Crippen LogP) is 13.8. The van der Waals surface area contributed by atoms with Crippen LogP contribution in [0.2, 0.25) is 0 Å². The van der Waals surface area contributed by atoms with Crippen LogP contribution in [0.15, 0.2) is 114 Å². The molecule has 0 amide bonds. The lowest BCUT2D eigenvalue weighted by Crippen LogP contribution is -2.61. The van der Waals surface area contributed by atoms with Crippen molar-refractivity contribution in [3.05, 3.63) is 137 Å². The predicted molar refractivity (Wildman–Crippen MR) is 247 cm³/mol. The number of hydrogen-bond acceptors (Lipinski definition) is 3. The third kappa shape index (κ3) is 6.37. The number of benzene rings is 6. The maximum Gasteiger partial charge on any atom is 0.252 e. The first-order chi connectivity index (χ1) is 27.8. The Kier molecular flexibility index (Phi) is 10.0. The quantitative estimate of drug-likeness (QED) is 0.116. The van der Waals surface area contributed by atoms with Crippen molar-refractivity contribution in [3.8, 4) is 0 Å². The van der Waals surface area contributed by atoms with E-state index >= 15 is 0 Å². The summed E-state index contributed by atoms with van der Waals surface area (Å²) in [7, 11) is 0. The zero-order valence-electron chi connectivity index (χ0n) is 35.1. The molecule has 0 bridgehead atoms. The van der Waals surface area contributed by atoms with Crippen LogP contribution in [0.5, 0.6) is 0 Å². The van der Waals surface area contributed by atoms with Crippen LogP contribution in [0, 0.1) is 13.8 Å². The molecule has 3 heterocycles. The zero-order chi connectivity index (χ0) is 39.4. The summed E-state index contributed by atoms with van der Waals surface area (Å²) < 4.78 is 6.74. The average Bonchev–Trinajstić information content (AvgIpc) is 3.60. The van der Waals surface area contributed by atoms with E-state index in [0.29, 0.717) is 11.8 Å². The molecule has 1 aromatic heterocycles. The first-order valence-corrected chi connectivity index (χ1v) is 21.9. The van der Waals surface area contributed by atoms with Gasteiger partial charge in [-0.1, -0.05) is 108 Å². The SMILES string of the molecule is CCCCc1ccc2oc3ccc4c(c3c2c1)N(c1ccc(C(C)CCC)cc1)c1cc(C)cc2c1B4c1cc(C)ccc1N2c1ccc(C(CC)CCC)cc1. The van der Waals surface area contributed by atoms with Crippen molar-refractivity contribution in [2.24, 2.45) is 0 Å². The van der Waals surface area contributed by atoms with E-state index in [2.05, 4.69) is 167 Å². The van der Waals surface area contributed by atoms with Crippen molar-refractivity contribution in [2.75, 3.05) is 9.80 Å². The van der Waals surface area contributed by atoms with Crippen molar-refractivity contribution in [2.45, 2.75) is 112 Å². The molecule has 0 radical (unpaired) electrons. The molecule has 2 unspecified atom stereocenters. The van der Waals surface area contributed by atoms with Crippen molar-refractivity contribution < 1.29 is 4.42 Å². The number of furan rings is 1. The Balaban J connectivity index is 1.33. The van der Waals surface area contributed by atoms with Crippen LogP contribution in [-0.4, -0.2) is 6.71 Å². The Labute approximate surface area is 340 Å². The summed E-state index contributed by atoms with van der Waals surface area (Å²) in [5.41, 5.74) is 20.1. The standard InChI is InChI=1S/C53H57BN2O/c1-8-12-15-37-17-28-49-43(33-37)51-50(57-49)29-26-44-53(51)56(42-22-18-39(19-23-42)36(7)13-9-2)48-32-35(6)31-47-52(48)54(44)45-30-34(5)16-27-46(45)55(47)41-24-20-40(21-25-41)38(11-4)14-10-3/h16-33,36,38H,8-15H2,1-7H3. The van der Waals surface area contributed by atoms with E-state index in [1.165, 1.54) is 134 Å². The van der Waals surface area contributed by atoms with Gasteiger partial charge >= 0.3 is 0 Å². The maximum absolute atomic E-state index is 6.74. The fourth-order valence-corrected chi connectivity index (χ4v) is 10.1. The highest BCUT2D eigenvalue weighted by atomic mass is 16.3. The Morgan fingerprint density at radius 3 is 1.98 bits per heavy atom. The highest BCUT2D eigenvalue weighted by molar-refractivity contribution is 7.00. The minimum atomic E-state index is 0.0581. The number of fused-ring (bicyclic) bond motifs is 8. The van der Waals surface area contributed by atoms with Crippen LogP contribution in [0.3, 0.4) is 0 Å². The summed E-state index contributed by atoms with van der Waals surface area (Å²) in [4.78, 5) is 5.13. The molecule has 6 aromatic carbocycles. The fraction of sp³-hybridized carbons (Fsp3) is 0.321. The van der Waals surface area contributed by atoms with E-state index in [0.717, 1.165) is 17.6 Å². The molecule has 2 atom stereocenters. The lowest BCUT2D eigenvalue weighted by atomic mass is 9.33. The number of nitrogens with zero attached hydrogens (tertiary/aromatic N) is 2. The fourth-order valence-electron chi connectivity index (χ4n) is 10.1. The second kappa shape index (κ2) is 15.3. The lowest BCUT2D eigenvalue weighted by molar-refractivity contribution is 0.596. The van der Waals surface area contributed by atoms with Crippen LogP contribution >= 0.6 is 0 Å². The molecule has 3 nitrogen and oxygen atoms in total. The van der Waals surface area contributed by atoms with Crippen LogP contribution in [0.1, 0.15) is 119 Å². The second-order valence-corrected chi connectivity index (χ2v) is 17.1. The largest absolute Gasteiger partial charge is 0.456 e. The molecule has 0 saturated carbocycles. The van der Waals surface area contributed by atoms with E-state index in [1.54, 1.807) is 0 Å². The van der Waals surface area contributed by atoms with E-state index in [4.69, 9.17) is 4.42 Å². The maximum atomic E-state index is 6.74. The number of anilines is 6. The number of hydrogen-bond donors (Lipinski definition) is 0. The molecule has 2 aliphatic heterocycles. The van der Waals surface area contributed by atoms with Gasteiger partial charge in [0.05, 0.1) is 11.1 Å². The molecular weight excluding hydrogens is 691 g/mol. The highest BCUT2D eigenvalue weighted by Gasteiger charge is 2.44. The highest BCUT2D eigenvalue weighted by Crippen LogP contribution is 2.48. The van der Waals surface area contributed by atoms with Gasteiger partial charge in [0, 0.05) is 33.8 Å². The number of rotatable bonds is 12. The third-order valence-electron chi connectivity index (χ3n) is 13.0. The number of unbranched alkanes of at least 4 members (excludes halogenated alkanes) is 1. The van der Waals surface area contributed by atoms with Gasteiger partial charge in [-0.2, -0.15) is 0 Å². The van der Waals surface area contributed by atoms with Gasteiger partial charge in [0.15, 0.2) is 0 Å². The normalized spacial score (nSPS) is 14.2. The van der Waals surface area contributed by atoms with E-state index in [1.807, 2.05) is 0 Å². The summed E-state index contributed by atoms with van der Waals surface area (Å²) in [5.74, 6) is 1.12. The smallest absolute Gasteiger partial charge is 0.252 e. The summed E-state index contributed by atoms with van der Waals surface area (Å²) >= 11 is 0. The van der Waals surface area contributed by atoms with Crippen molar-refractivity contribution in [1.82, 2.24) is 0 Å². The molecule has 0 aliphatic carbocycles. The van der Waals surface area contributed by atoms with Gasteiger partial charge < -0.3 is 14.2 Å². The Morgan fingerprint density at radius 1 is 0.596 bits per heavy atom. The number of aryl methyl sites for hydroxylation is 3. The first kappa shape index (κ1) is 37.4. The minimum absolute atomic E-state index is 0.0581. The Hall–Kier alpha value is -5.22. The molecule has 0 N–H and O–H groups in total. The summed E-state index contributed by atoms with van der Waals surface area (Å²) in [6.07, 6.45) is 9.40. The van der Waals surface area contributed by atoms with Gasteiger partial charge in [0.2, 0.25) is 0 Å². The monoisotopic (exact) mass is 748 g/mol. The molecule has 57 heavy (non-hydrogen) atoms. The van der Waals surface area contributed by atoms with E-state index in [-0.39, 0.29) is 6.71 Å². The third-order valence-corrected chi connectivity index (χ3v) is 13.0. The van der Waals surface area contributed by atoms with Crippen LogP contribution in [0.4, 0.5) is 34.1 Å². The van der Waals surface area contributed by atoms with Crippen molar-refractivity contribution in [1.29, 1.82) is 0 Å². The van der Waals surface area contributed by atoms with Crippen molar-refractivity contribution >= 4 is 79.2 Å². The van der Waals surface area contributed by atoms with Crippen LogP contribution in [0.25, 0.3) is 21.9 Å².